The molecule has 6 N–H and O–H groups in total. The normalized spacial score (nSPS) is 16.4. The van der Waals surface area contributed by atoms with E-state index in [9.17, 15) is 58.7 Å². The highest BCUT2D eigenvalue weighted by molar-refractivity contribution is 7.86. The summed E-state index contributed by atoms with van der Waals surface area (Å²) >= 11 is 0. The van der Waals surface area contributed by atoms with Gasteiger partial charge in [-0.25, -0.2) is 14.8 Å². The second-order valence-electron chi connectivity index (χ2n) is 16.2. The van der Waals surface area contributed by atoms with Crippen molar-refractivity contribution in [3.05, 3.63) is 95.4 Å². The summed E-state index contributed by atoms with van der Waals surface area (Å²) in [5, 5.41) is 19.2. The quantitative estimate of drug-likeness (QED) is 0.0289. The number of anilines is 1. The van der Waals surface area contributed by atoms with E-state index in [2.05, 4.69) is 5.48 Å². The van der Waals surface area contributed by atoms with Crippen LogP contribution in [0.2, 0.25) is 0 Å². The van der Waals surface area contributed by atoms with Crippen molar-refractivity contribution in [3.8, 4) is 11.8 Å². The average molecular weight is 951 g/mol. The maximum atomic E-state index is 13.3. The number of benzene rings is 1. The molecule has 0 atom stereocenters. The first-order valence-corrected chi connectivity index (χ1v) is 24.7. The fourth-order valence-electron chi connectivity index (χ4n) is 7.33. The molecule has 23 heteroatoms. The van der Waals surface area contributed by atoms with Crippen LogP contribution in [0.4, 0.5) is 11.5 Å². The number of aromatic nitrogens is 2. The van der Waals surface area contributed by atoms with Crippen LogP contribution in [-0.4, -0.2) is 96.1 Å². The molecule has 1 aromatic carbocycles. The number of allylic oxidation sites excluding steroid dienone is 6. The van der Waals surface area contributed by atoms with Crippen LogP contribution in [0.1, 0.15) is 87.7 Å². The number of unbranched alkanes of at least 4 members (excludes halogenated alkanes) is 2. The molecule has 0 unspecified atom stereocenters. The van der Waals surface area contributed by atoms with Gasteiger partial charge in [0.1, 0.15) is 6.20 Å². The molecule has 2 aliphatic rings. The van der Waals surface area contributed by atoms with Crippen LogP contribution in [-0.2, 0) is 57.4 Å². The zero-order valence-electron chi connectivity index (χ0n) is 35.5. The molecule has 0 radical (unpaired) electrons. The number of aliphatic imine (C=N–C) groups is 1. The summed E-state index contributed by atoms with van der Waals surface area (Å²) in [5.41, 5.74) is 4.19. The van der Waals surface area contributed by atoms with Crippen molar-refractivity contribution in [1.82, 2.24) is 10.2 Å². The summed E-state index contributed by atoms with van der Waals surface area (Å²) in [4.78, 5) is 42.1. The van der Waals surface area contributed by atoms with Crippen LogP contribution in [0.25, 0.3) is 0 Å². The Morgan fingerprint density at radius 2 is 1.48 bits per heavy atom. The molecule has 3 aromatic rings. The smallest absolute Gasteiger partial charge is 0.333 e. The SMILES string of the molecule is CC1(C)C(=CC=CC=CC2=Nc3c(cc(C(=O)NOCCCCCC(=O)On4c(O)ccc4O)c[n+]3CCCS(=O)(=O)O)C2(C)C)N(CCCS(=O)(=O)O)c2ccc(S(=O)(=O)O)cc21. The van der Waals surface area contributed by atoms with Gasteiger partial charge in [0.25, 0.3) is 36.3 Å². The van der Waals surface area contributed by atoms with E-state index in [4.69, 9.17) is 14.7 Å². The predicted octanol–water partition coefficient (Wildman–Crippen LogP) is 4.02. The van der Waals surface area contributed by atoms with Crippen LogP contribution < -0.4 is 19.8 Å². The molecular formula is C41H52N5O15S3+. The minimum Gasteiger partial charge on any atom is -0.492 e. The van der Waals surface area contributed by atoms with Gasteiger partial charge in [0, 0.05) is 48.3 Å². The summed E-state index contributed by atoms with van der Waals surface area (Å²) in [5.74, 6) is -2.66. The molecule has 4 heterocycles. The fourth-order valence-corrected chi connectivity index (χ4v) is 8.83. The van der Waals surface area contributed by atoms with E-state index in [1.54, 1.807) is 41.0 Å². The maximum absolute atomic E-state index is 13.3. The Morgan fingerprint density at radius 3 is 2.14 bits per heavy atom. The summed E-state index contributed by atoms with van der Waals surface area (Å²) in [6.45, 7) is 7.89. The topological polar surface area (TPSA) is 293 Å². The van der Waals surface area contributed by atoms with Gasteiger partial charge in [-0.3, -0.25) is 23.3 Å². The monoisotopic (exact) mass is 950 g/mol. The van der Waals surface area contributed by atoms with Crippen LogP contribution >= 0.6 is 0 Å². The van der Waals surface area contributed by atoms with Gasteiger partial charge in [-0.2, -0.15) is 25.3 Å². The molecule has 0 fully saturated rings. The molecular weight excluding hydrogens is 899 g/mol. The van der Waals surface area contributed by atoms with Crippen LogP contribution in [0.3, 0.4) is 0 Å². The Balaban J connectivity index is 1.28. The Morgan fingerprint density at radius 1 is 0.812 bits per heavy atom. The van der Waals surface area contributed by atoms with E-state index in [1.807, 2.05) is 32.6 Å². The molecule has 2 aromatic heterocycles. The summed E-state index contributed by atoms with van der Waals surface area (Å²) in [7, 11) is -13.0. The second kappa shape index (κ2) is 19.8. The van der Waals surface area contributed by atoms with Crippen LogP contribution in [0.15, 0.2) is 88.6 Å². The molecule has 20 nitrogen and oxygen atoms in total. The number of amides is 1. The molecule has 0 bridgehead atoms. The first-order chi connectivity index (χ1) is 29.8. The van der Waals surface area contributed by atoms with Gasteiger partial charge >= 0.3 is 11.8 Å². The zero-order valence-corrected chi connectivity index (χ0v) is 38.0. The Bertz CT molecular complexity index is 2720. The minimum atomic E-state index is -4.51. The third-order valence-electron chi connectivity index (χ3n) is 10.7. The lowest BCUT2D eigenvalue weighted by atomic mass is 9.81. The third kappa shape index (κ3) is 12.4. The molecule has 0 spiro atoms. The van der Waals surface area contributed by atoms with Gasteiger partial charge in [0.2, 0.25) is 11.8 Å². The Hall–Kier alpha value is -5.43. The van der Waals surface area contributed by atoms with Crippen molar-refractivity contribution in [3.63, 3.8) is 0 Å². The number of rotatable bonds is 21. The van der Waals surface area contributed by atoms with E-state index in [1.165, 1.54) is 36.5 Å². The van der Waals surface area contributed by atoms with E-state index in [0.717, 1.165) is 0 Å². The molecule has 5 rings (SSSR count). The standard InChI is InChI=1S/C41H51N5O15S3/c1-40(2)31-25-28(39(50)43-60-22-10-6-9-15-37(49)61-46-35(47)18-19-36(46)48)27-44(20-11-23-62(51,52)53)38(31)42-33(40)13-7-5-8-14-34-41(3,4)30-26-29(64(57,58)59)16-17-32(30)45(34)21-12-24-63(54,55)56/h5,7-8,13-14,16-19,25-27H,6,9-12,15,20-24H2,1-4H3,(H5-,43,47,48,50,51,52,53,54,55,56,57,58,59)/p+1. The molecule has 348 valence electrons. The number of pyridine rings is 1. The van der Waals surface area contributed by atoms with Gasteiger partial charge in [0.05, 0.1) is 46.1 Å². The molecule has 0 saturated carbocycles. The Labute approximate surface area is 371 Å². The average Bonchev–Trinajstić information content (AvgIpc) is 3.72. The number of aromatic hydroxyl groups is 2. The van der Waals surface area contributed by atoms with Gasteiger partial charge in [-0.05, 0) is 80.1 Å². The minimum absolute atomic E-state index is 0.000437. The lowest BCUT2D eigenvalue weighted by Gasteiger charge is -2.27. The van der Waals surface area contributed by atoms with Crippen molar-refractivity contribution in [2.45, 2.75) is 88.5 Å². The van der Waals surface area contributed by atoms with Gasteiger partial charge in [-0.1, -0.05) is 38.5 Å². The highest BCUT2D eigenvalue weighted by atomic mass is 32.2. The highest BCUT2D eigenvalue weighted by Crippen LogP contribution is 2.48. The van der Waals surface area contributed by atoms with Crippen molar-refractivity contribution in [2.75, 3.05) is 29.6 Å². The molecule has 1 amide bonds. The van der Waals surface area contributed by atoms with Gasteiger partial charge in [0.15, 0.2) is 5.71 Å². The van der Waals surface area contributed by atoms with E-state index >= 15 is 0 Å². The van der Waals surface area contributed by atoms with Crippen molar-refractivity contribution in [2.24, 2.45) is 4.99 Å². The fraction of sp³-hybridized carbons (Fsp3) is 0.415. The van der Waals surface area contributed by atoms with Crippen molar-refractivity contribution < 1.29 is 73.0 Å². The zero-order chi connectivity index (χ0) is 47.3. The first kappa shape index (κ1) is 49.6. The maximum Gasteiger partial charge on any atom is 0.333 e. The molecule has 2 aliphatic heterocycles. The summed E-state index contributed by atoms with van der Waals surface area (Å²) in [6, 6.07) is 8.17. The van der Waals surface area contributed by atoms with Crippen molar-refractivity contribution in [1.29, 1.82) is 0 Å². The van der Waals surface area contributed by atoms with Gasteiger partial charge < -0.3 is 20.0 Å². The highest BCUT2D eigenvalue weighted by Gasteiger charge is 2.43. The van der Waals surface area contributed by atoms with E-state index in [0.29, 0.717) is 58.0 Å². The third-order valence-corrected chi connectivity index (χ3v) is 13.1. The summed E-state index contributed by atoms with van der Waals surface area (Å²) in [6.07, 6.45) is 11.8. The number of hydrogen-bond acceptors (Lipinski definition) is 14. The number of carbonyl (C=O) groups is 2. The largest absolute Gasteiger partial charge is 0.492 e. The Kier molecular flexibility index (Phi) is 15.3. The number of hydroxylamine groups is 1. The predicted molar refractivity (Wildman–Crippen MR) is 233 cm³/mol. The number of fused-ring (bicyclic) bond motifs is 2. The lowest BCUT2D eigenvalue weighted by molar-refractivity contribution is -0.684. The molecule has 64 heavy (non-hydrogen) atoms. The van der Waals surface area contributed by atoms with Gasteiger partial charge in [-0.15, -0.1) is 4.73 Å². The molecule has 0 aliphatic carbocycles. The van der Waals surface area contributed by atoms with Crippen molar-refractivity contribution >= 4 is 59.4 Å². The van der Waals surface area contributed by atoms with E-state index < -0.39 is 76.3 Å². The lowest BCUT2D eigenvalue weighted by Crippen LogP contribution is -2.38. The number of nitrogens with one attached hydrogen (secondary N) is 1. The van der Waals surface area contributed by atoms with E-state index in [-0.39, 0.29) is 49.4 Å². The van der Waals surface area contributed by atoms with Crippen LogP contribution in [0.5, 0.6) is 11.8 Å². The first-order valence-electron chi connectivity index (χ1n) is 20.0. The summed E-state index contributed by atoms with van der Waals surface area (Å²) < 4.78 is 101. The number of hydrogen-bond donors (Lipinski definition) is 6. The number of carbonyl (C=O) groups excluding carboxylic acids is 2. The van der Waals surface area contributed by atoms with Crippen LogP contribution in [0, 0.1) is 0 Å². The number of nitrogens with zero attached hydrogens (tertiary/aromatic N) is 4. The molecule has 0 saturated heterocycles. The number of aryl methyl sites for hydroxylation is 1. The second-order valence-corrected chi connectivity index (χ2v) is 20.8.